The van der Waals surface area contributed by atoms with Crippen LogP contribution < -0.4 is 5.32 Å². The first-order valence-electron chi connectivity index (χ1n) is 14.9. The molecule has 2 fully saturated rings. The quantitative estimate of drug-likeness (QED) is 0.126. The molecule has 1 unspecified atom stereocenters. The molecule has 3 aromatic rings. The van der Waals surface area contributed by atoms with Gasteiger partial charge in [-0.25, -0.2) is 14.0 Å². The van der Waals surface area contributed by atoms with Crippen molar-refractivity contribution in [3.8, 4) is 11.3 Å². The van der Waals surface area contributed by atoms with Crippen molar-refractivity contribution >= 4 is 34.4 Å². The Bertz CT molecular complexity index is 1480. The zero-order chi connectivity index (χ0) is 30.6. The van der Waals surface area contributed by atoms with E-state index in [9.17, 15) is 23.5 Å². The van der Waals surface area contributed by atoms with Gasteiger partial charge >= 0.3 is 6.16 Å². The van der Waals surface area contributed by atoms with Gasteiger partial charge in [0, 0.05) is 32.0 Å². The third-order valence-corrected chi connectivity index (χ3v) is 9.19. The van der Waals surface area contributed by atoms with Crippen molar-refractivity contribution in [3.05, 3.63) is 52.7 Å². The maximum absolute atomic E-state index is 13.1. The Balaban J connectivity index is 1.38. The number of hydrogen-bond acceptors (Lipinski definition) is 7. The molecule has 43 heavy (non-hydrogen) atoms. The summed E-state index contributed by atoms with van der Waals surface area (Å²) in [6.45, 7) is 3.40. The minimum Gasteiger partial charge on any atom is -0.450 e. The van der Waals surface area contributed by atoms with Crippen molar-refractivity contribution in [2.75, 3.05) is 26.8 Å². The summed E-state index contributed by atoms with van der Waals surface area (Å²) in [4.78, 5) is 29.2. The molecule has 1 saturated heterocycles. The molecule has 1 aliphatic heterocycles. The van der Waals surface area contributed by atoms with Gasteiger partial charge in [-0.15, -0.1) is 0 Å². The summed E-state index contributed by atoms with van der Waals surface area (Å²) in [5, 5.41) is 12.6. The first-order chi connectivity index (χ1) is 20.7. The number of nitrogens with one attached hydrogen (secondary N) is 1. The molecule has 2 aromatic heterocycles. The normalized spacial score (nSPS) is 17.2. The molecule has 0 spiro atoms. The lowest BCUT2D eigenvalue weighted by atomic mass is 9.88. The summed E-state index contributed by atoms with van der Waals surface area (Å²) in [5.41, 5.74) is 3.51. The number of aromatic nitrogens is 1. The fraction of sp³-hybridized carbons (Fsp3) is 0.516. The predicted molar refractivity (Wildman–Crippen MR) is 161 cm³/mol. The van der Waals surface area contributed by atoms with Gasteiger partial charge in [-0.2, -0.15) is 4.31 Å². The highest BCUT2D eigenvalue weighted by molar-refractivity contribution is 7.76. The highest BCUT2D eigenvalue weighted by Crippen LogP contribution is 2.44. The third-order valence-electron chi connectivity index (χ3n) is 8.44. The van der Waals surface area contributed by atoms with Crippen LogP contribution in [0.5, 0.6) is 0 Å². The number of pyridine rings is 1. The largest absolute Gasteiger partial charge is 0.506 e. The lowest BCUT2D eigenvalue weighted by molar-refractivity contribution is -0.0901. The zero-order valence-electron chi connectivity index (χ0n) is 24.6. The Hall–Kier alpha value is -3.32. The average molecular weight is 614 g/mol. The van der Waals surface area contributed by atoms with E-state index in [1.807, 2.05) is 30.3 Å². The highest BCUT2D eigenvalue weighted by atomic mass is 32.2. The SMILES string of the molecule is CCc1ccc(-c2oc3nc(CN(CCCCC4(OC(=O)O)CCOCC4)S(=O)O)c(C4CC4)cc3c2C(=O)NC)cc1. The molecule has 11 nitrogen and oxygen atoms in total. The van der Waals surface area contributed by atoms with Crippen molar-refractivity contribution in [3.63, 3.8) is 0 Å². The van der Waals surface area contributed by atoms with E-state index >= 15 is 0 Å². The number of carbonyl (C=O) groups is 2. The Morgan fingerprint density at radius 3 is 2.51 bits per heavy atom. The molecular weight excluding hydrogens is 574 g/mol. The first-order valence-corrected chi connectivity index (χ1v) is 15.9. The second-order valence-electron chi connectivity index (χ2n) is 11.3. The third kappa shape index (κ3) is 7.26. The number of carbonyl (C=O) groups excluding carboxylic acids is 1. The van der Waals surface area contributed by atoms with E-state index in [1.165, 1.54) is 9.87 Å². The van der Waals surface area contributed by atoms with Crippen molar-refractivity contribution in [1.82, 2.24) is 14.6 Å². The van der Waals surface area contributed by atoms with E-state index in [2.05, 4.69) is 12.2 Å². The summed E-state index contributed by atoms with van der Waals surface area (Å²) in [6, 6.07) is 9.86. The van der Waals surface area contributed by atoms with E-state index < -0.39 is 23.0 Å². The van der Waals surface area contributed by atoms with Crippen LogP contribution >= 0.6 is 0 Å². The maximum Gasteiger partial charge on any atom is 0.506 e. The molecule has 5 rings (SSSR count). The van der Waals surface area contributed by atoms with Crippen molar-refractivity contribution in [2.45, 2.75) is 76.4 Å². The van der Waals surface area contributed by atoms with E-state index in [0.717, 1.165) is 30.4 Å². The van der Waals surface area contributed by atoms with Gasteiger partial charge in [0.2, 0.25) is 17.0 Å². The van der Waals surface area contributed by atoms with E-state index in [1.54, 1.807) is 7.05 Å². The van der Waals surface area contributed by atoms with Crippen LogP contribution in [-0.2, 0) is 33.7 Å². The number of carboxylic acid groups (broad SMARTS) is 1. The number of hydrogen-bond donors (Lipinski definition) is 3. The van der Waals surface area contributed by atoms with Crippen LogP contribution in [0.3, 0.4) is 0 Å². The Kier molecular flexibility index (Phi) is 9.80. The van der Waals surface area contributed by atoms with Crippen LogP contribution in [0.1, 0.15) is 85.0 Å². The van der Waals surface area contributed by atoms with E-state index in [0.29, 0.717) is 80.0 Å². The molecule has 0 radical (unpaired) electrons. The van der Waals surface area contributed by atoms with Gasteiger partial charge in [0.15, 0.2) is 0 Å². The van der Waals surface area contributed by atoms with Crippen molar-refractivity contribution in [2.24, 2.45) is 0 Å². The van der Waals surface area contributed by atoms with E-state index in [4.69, 9.17) is 18.9 Å². The molecule has 12 heteroatoms. The van der Waals surface area contributed by atoms with Gasteiger partial charge in [0.25, 0.3) is 5.91 Å². The van der Waals surface area contributed by atoms with Crippen LogP contribution in [0.4, 0.5) is 4.79 Å². The molecule has 2 aliphatic rings. The number of aryl methyl sites for hydroxylation is 1. The molecule has 1 saturated carbocycles. The Morgan fingerprint density at radius 2 is 1.91 bits per heavy atom. The standard InChI is InChI=1S/C31H39N3O8S/c1-3-20-6-8-22(9-7-20)27-26(28(35)32-2)24-18-23(21-10-11-21)25(33-29(24)41-27)19-34(43(38)39)15-5-4-12-31(42-30(36)37)13-16-40-17-14-31/h6-9,18,21H,3-5,10-17,19H2,1-2H3,(H,32,35)(H,36,37)(H,38,39). The molecule has 1 amide bonds. The maximum atomic E-state index is 13.1. The smallest absolute Gasteiger partial charge is 0.450 e. The fourth-order valence-corrected chi connectivity index (χ4v) is 6.36. The number of nitrogens with zero attached hydrogens (tertiary/aromatic N) is 2. The average Bonchev–Trinajstić information content (AvgIpc) is 3.78. The van der Waals surface area contributed by atoms with Crippen molar-refractivity contribution < 1.29 is 37.3 Å². The molecule has 1 aliphatic carbocycles. The van der Waals surface area contributed by atoms with Crippen LogP contribution in [0.2, 0.25) is 0 Å². The Morgan fingerprint density at radius 1 is 1.19 bits per heavy atom. The summed E-state index contributed by atoms with van der Waals surface area (Å²) in [7, 11) is 1.58. The second-order valence-corrected chi connectivity index (χ2v) is 12.3. The molecule has 3 heterocycles. The van der Waals surface area contributed by atoms with Gasteiger partial charge in [-0.3, -0.25) is 9.35 Å². The fourth-order valence-electron chi connectivity index (χ4n) is 5.84. The van der Waals surface area contributed by atoms with E-state index in [-0.39, 0.29) is 18.4 Å². The minimum atomic E-state index is -2.25. The predicted octanol–water partition coefficient (Wildman–Crippen LogP) is 5.65. The molecule has 1 aromatic carbocycles. The monoisotopic (exact) mass is 613 g/mol. The summed E-state index contributed by atoms with van der Waals surface area (Å²) >= 11 is -2.25. The van der Waals surface area contributed by atoms with Gasteiger partial charge in [0.1, 0.15) is 11.4 Å². The lowest BCUT2D eigenvalue weighted by Gasteiger charge is -2.35. The lowest BCUT2D eigenvalue weighted by Crippen LogP contribution is -2.40. The number of furan rings is 1. The van der Waals surface area contributed by atoms with Crippen LogP contribution in [0.25, 0.3) is 22.4 Å². The van der Waals surface area contributed by atoms with Gasteiger partial charge in [0.05, 0.1) is 36.4 Å². The van der Waals surface area contributed by atoms with Crippen LogP contribution in [-0.4, -0.2) is 67.6 Å². The zero-order valence-corrected chi connectivity index (χ0v) is 25.4. The van der Waals surface area contributed by atoms with Gasteiger partial charge < -0.3 is 24.3 Å². The number of benzene rings is 1. The molecule has 232 valence electrons. The van der Waals surface area contributed by atoms with Crippen LogP contribution in [0, 0.1) is 0 Å². The number of rotatable bonds is 13. The summed E-state index contributed by atoms with van der Waals surface area (Å²) in [5.74, 6) is 0.440. The molecule has 3 N–H and O–H groups in total. The first kappa shape index (κ1) is 31.1. The number of ether oxygens (including phenoxy) is 2. The van der Waals surface area contributed by atoms with Crippen molar-refractivity contribution in [1.29, 1.82) is 0 Å². The van der Waals surface area contributed by atoms with Gasteiger partial charge in [-0.05, 0) is 61.6 Å². The molecule has 1 atom stereocenters. The summed E-state index contributed by atoms with van der Waals surface area (Å²) < 4.78 is 40.9. The highest BCUT2D eigenvalue weighted by Gasteiger charge is 2.36. The minimum absolute atomic E-state index is 0.131. The Labute approximate surface area is 253 Å². The summed E-state index contributed by atoms with van der Waals surface area (Å²) in [6.07, 6.45) is 4.26. The second kappa shape index (κ2) is 13.5. The number of fused-ring (bicyclic) bond motifs is 1. The molecular formula is C31H39N3O8S. The number of unbranched alkanes of at least 4 members (excludes halogenated alkanes) is 1. The van der Waals surface area contributed by atoms with Gasteiger partial charge in [-0.1, -0.05) is 31.2 Å². The topological polar surface area (TPSA) is 151 Å². The molecule has 0 bridgehead atoms. The number of amides is 1. The van der Waals surface area contributed by atoms with Crippen LogP contribution in [0.15, 0.2) is 34.7 Å².